The maximum absolute atomic E-state index is 4.52. The molecule has 2 heterocycles. The van der Waals surface area contributed by atoms with Gasteiger partial charge in [0.1, 0.15) is 10.4 Å². The van der Waals surface area contributed by atoms with Crippen molar-refractivity contribution in [1.29, 1.82) is 0 Å². The van der Waals surface area contributed by atoms with Gasteiger partial charge in [0, 0.05) is 6.20 Å². The van der Waals surface area contributed by atoms with E-state index in [-0.39, 0.29) is 6.04 Å². The molecule has 15 heavy (non-hydrogen) atoms. The van der Waals surface area contributed by atoms with E-state index in [1.807, 2.05) is 7.05 Å². The van der Waals surface area contributed by atoms with Crippen LogP contribution in [0.5, 0.6) is 0 Å². The van der Waals surface area contributed by atoms with Crippen LogP contribution in [0, 0.1) is 6.92 Å². The third-order valence-electron chi connectivity index (χ3n) is 2.60. The van der Waals surface area contributed by atoms with Crippen LogP contribution in [0.4, 0.5) is 0 Å². The van der Waals surface area contributed by atoms with E-state index in [1.54, 1.807) is 0 Å². The molecule has 0 saturated carbocycles. The Kier molecular flexibility index (Phi) is 2.80. The zero-order chi connectivity index (χ0) is 11.0. The zero-order valence-electron chi connectivity index (χ0n) is 9.08. The summed E-state index contributed by atoms with van der Waals surface area (Å²) in [5.41, 5.74) is 2.36. The summed E-state index contributed by atoms with van der Waals surface area (Å²) in [5, 5.41) is 3.20. The Morgan fingerprint density at radius 3 is 2.93 bits per heavy atom. The van der Waals surface area contributed by atoms with Crippen LogP contribution < -0.4 is 5.32 Å². The van der Waals surface area contributed by atoms with Gasteiger partial charge < -0.3 is 9.72 Å². The Morgan fingerprint density at radius 1 is 1.53 bits per heavy atom. The highest BCUT2D eigenvalue weighted by Crippen LogP contribution is 2.23. The molecule has 0 fully saturated rings. The molecule has 0 bridgehead atoms. The Morgan fingerprint density at radius 2 is 2.27 bits per heavy atom. The molecule has 3 nitrogen and oxygen atoms in total. The van der Waals surface area contributed by atoms with Crippen LogP contribution in [0.15, 0.2) is 22.9 Å². The van der Waals surface area contributed by atoms with Crippen molar-refractivity contribution in [3.05, 3.63) is 34.3 Å². The fourth-order valence-corrected chi connectivity index (χ4v) is 2.10. The average molecular weight is 268 g/mol. The number of rotatable bonds is 2. The van der Waals surface area contributed by atoms with E-state index in [0.717, 1.165) is 15.9 Å². The highest BCUT2D eigenvalue weighted by Gasteiger charge is 2.13. The van der Waals surface area contributed by atoms with E-state index in [2.05, 4.69) is 62.8 Å². The molecule has 0 radical (unpaired) electrons. The summed E-state index contributed by atoms with van der Waals surface area (Å²) in [6.45, 7) is 4.18. The molecule has 0 spiro atoms. The molecule has 80 valence electrons. The summed E-state index contributed by atoms with van der Waals surface area (Å²) in [7, 11) is 1.94. The Balaban J connectivity index is 2.68. The maximum atomic E-state index is 4.52. The lowest BCUT2D eigenvalue weighted by atomic mass is 10.3. The number of hydrogen-bond donors (Lipinski definition) is 1. The molecule has 2 aromatic rings. The number of fused-ring (bicyclic) bond motifs is 1. The number of aryl methyl sites for hydroxylation is 1. The summed E-state index contributed by atoms with van der Waals surface area (Å²) < 4.78 is 3.02. The van der Waals surface area contributed by atoms with Crippen molar-refractivity contribution in [3.63, 3.8) is 0 Å². The largest absolute Gasteiger partial charge is 0.311 e. The first-order chi connectivity index (χ1) is 7.13. The maximum Gasteiger partial charge on any atom is 0.132 e. The topological polar surface area (TPSA) is 29.3 Å². The number of nitrogens with one attached hydrogen (secondary N) is 1. The van der Waals surface area contributed by atoms with Crippen molar-refractivity contribution >= 4 is 21.4 Å². The molecule has 4 heteroatoms. The van der Waals surface area contributed by atoms with Crippen molar-refractivity contribution in [3.8, 4) is 0 Å². The van der Waals surface area contributed by atoms with Gasteiger partial charge >= 0.3 is 0 Å². The van der Waals surface area contributed by atoms with E-state index in [4.69, 9.17) is 0 Å². The molecule has 0 aliphatic carbocycles. The van der Waals surface area contributed by atoms with E-state index in [1.165, 1.54) is 5.56 Å². The summed E-state index contributed by atoms with van der Waals surface area (Å²) in [6.07, 6.45) is 2.06. The van der Waals surface area contributed by atoms with Crippen molar-refractivity contribution < 1.29 is 0 Å². The third kappa shape index (κ3) is 1.79. The molecular weight excluding hydrogens is 254 g/mol. The van der Waals surface area contributed by atoms with Crippen LogP contribution in [0.25, 0.3) is 5.52 Å². The number of halogens is 1. The van der Waals surface area contributed by atoms with E-state index < -0.39 is 0 Å². The molecule has 0 amide bonds. The van der Waals surface area contributed by atoms with Crippen LogP contribution in [-0.2, 0) is 0 Å². The monoisotopic (exact) mass is 267 g/mol. The normalized spacial score (nSPS) is 13.3. The van der Waals surface area contributed by atoms with E-state index in [0.29, 0.717) is 0 Å². The first kappa shape index (κ1) is 10.6. The average Bonchev–Trinajstić information content (AvgIpc) is 2.55. The van der Waals surface area contributed by atoms with Gasteiger partial charge in [-0.1, -0.05) is 0 Å². The second-order valence-corrected chi connectivity index (χ2v) is 4.48. The molecule has 1 N–H and O–H groups in total. The third-order valence-corrected chi connectivity index (χ3v) is 3.19. The first-order valence-electron chi connectivity index (χ1n) is 4.95. The van der Waals surface area contributed by atoms with Gasteiger partial charge in [0.05, 0.1) is 11.6 Å². The standard InChI is InChI=1S/C11H14BrN3/c1-7-4-5-15-9(6-7)10(12)14-11(15)8(2)13-3/h4-6,8,13H,1-3H3. The number of aromatic nitrogens is 2. The Bertz CT molecular complexity index is 490. The minimum Gasteiger partial charge on any atom is -0.311 e. The lowest BCUT2D eigenvalue weighted by Crippen LogP contribution is -2.15. The number of pyridine rings is 1. The fourth-order valence-electron chi connectivity index (χ4n) is 1.61. The number of nitrogens with zero attached hydrogens (tertiary/aromatic N) is 2. The highest BCUT2D eigenvalue weighted by molar-refractivity contribution is 9.10. The summed E-state index contributed by atoms with van der Waals surface area (Å²) in [6, 6.07) is 4.46. The van der Waals surface area contributed by atoms with E-state index in [9.17, 15) is 0 Å². The smallest absolute Gasteiger partial charge is 0.132 e. The molecule has 2 rings (SSSR count). The SMILES string of the molecule is CNC(C)c1nc(Br)c2cc(C)ccn12. The van der Waals surface area contributed by atoms with Gasteiger partial charge in [-0.25, -0.2) is 4.98 Å². The van der Waals surface area contributed by atoms with Gasteiger partial charge in [0.25, 0.3) is 0 Å². The fraction of sp³-hybridized carbons (Fsp3) is 0.364. The van der Waals surface area contributed by atoms with Gasteiger partial charge in [0.15, 0.2) is 0 Å². The van der Waals surface area contributed by atoms with Crippen LogP contribution in [-0.4, -0.2) is 16.4 Å². The lowest BCUT2D eigenvalue weighted by molar-refractivity contribution is 0.607. The number of hydrogen-bond acceptors (Lipinski definition) is 2. The van der Waals surface area contributed by atoms with Crippen molar-refractivity contribution in [2.75, 3.05) is 7.05 Å². The zero-order valence-corrected chi connectivity index (χ0v) is 10.7. The van der Waals surface area contributed by atoms with Gasteiger partial charge in [-0.2, -0.15) is 0 Å². The lowest BCUT2D eigenvalue weighted by Gasteiger charge is -2.08. The molecular formula is C11H14BrN3. The van der Waals surface area contributed by atoms with Crippen molar-refractivity contribution in [1.82, 2.24) is 14.7 Å². The molecule has 1 atom stereocenters. The first-order valence-corrected chi connectivity index (χ1v) is 5.74. The summed E-state index contributed by atoms with van der Waals surface area (Å²) >= 11 is 3.49. The highest BCUT2D eigenvalue weighted by atomic mass is 79.9. The minimum atomic E-state index is 0.242. The molecule has 1 unspecified atom stereocenters. The molecule has 0 aliphatic rings. The quantitative estimate of drug-likeness (QED) is 0.907. The van der Waals surface area contributed by atoms with Crippen LogP contribution in [0.3, 0.4) is 0 Å². The minimum absolute atomic E-state index is 0.242. The second kappa shape index (κ2) is 3.94. The molecule has 0 aliphatic heterocycles. The Labute approximate surface area is 97.6 Å². The van der Waals surface area contributed by atoms with Crippen LogP contribution in [0.2, 0.25) is 0 Å². The summed E-state index contributed by atoms with van der Waals surface area (Å²) in [4.78, 5) is 4.52. The second-order valence-electron chi connectivity index (χ2n) is 3.73. The molecule has 0 saturated heterocycles. The van der Waals surface area contributed by atoms with E-state index >= 15 is 0 Å². The summed E-state index contributed by atoms with van der Waals surface area (Å²) in [5.74, 6) is 1.03. The van der Waals surface area contributed by atoms with Gasteiger partial charge in [-0.3, -0.25) is 0 Å². The van der Waals surface area contributed by atoms with Gasteiger partial charge in [-0.05, 0) is 54.5 Å². The molecule has 0 aromatic carbocycles. The predicted octanol–water partition coefficient (Wildman–Crippen LogP) is 2.69. The van der Waals surface area contributed by atoms with Crippen LogP contribution in [0.1, 0.15) is 24.4 Å². The molecule has 2 aromatic heterocycles. The van der Waals surface area contributed by atoms with Gasteiger partial charge in [0.2, 0.25) is 0 Å². The van der Waals surface area contributed by atoms with Crippen molar-refractivity contribution in [2.45, 2.75) is 19.9 Å². The van der Waals surface area contributed by atoms with Gasteiger partial charge in [-0.15, -0.1) is 0 Å². The number of imidazole rings is 1. The Hall–Kier alpha value is -0.870. The van der Waals surface area contributed by atoms with Crippen molar-refractivity contribution in [2.24, 2.45) is 0 Å². The predicted molar refractivity (Wildman–Crippen MR) is 65.1 cm³/mol. The van der Waals surface area contributed by atoms with Crippen LogP contribution >= 0.6 is 15.9 Å².